The Labute approximate surface area is 108 Å². The van der Waals surface area contributed by atoms with Crippen molar-refractivity contribution < 1.29 is 31.5 Å². The van der Waals surface area contributed by atoms with E-state index in [1.54, 1.807) is 0 Å². The van der Waals surface area contributed by atoms with Gasteiger partial charge in [0.15, 0.2) is 5.75 Å². The molecule has 19 heavy (non-hydrogen) atoms. The highest BCUT2D eigenvalue weighted by Gasteiger charge is 2.36. The van der Waals surface area contributed by atoms with E-state index >= 15 is 0 Å². The summed E-state index contributed by atoms with van der Waals surface area (Å²) in [7, 11) is 0. The molecule has 0 unspecified atom stereocenters. The van der Waals surface area contributed by atoms with Crippen LogP contribution in [0.15, 0.2) is 6.20 Å². The number of carbonyl (C=O) groups is 1. The molecule has 0 fully saturated rings. The number of amides is 1. The van der Waals surface area contributed by atoms with Crippen LogP contribution in [0.2, 0.25) is 0 Å². The summed E-state index contributed by atoms with van der Waals surface area (Å²) >= 11 is 5.32. The third-order valence-electron chi connectivity index (χ3n) is 1.96. The van der Waals surface area contributed by atoms with E-state index in [9.17, 15) is 26.7 Å². The monoisotopic (exact) mass is 304 g/mol. The number of nitrogens with zero attached hydrogens (tertiary/aromatic N) is 1. The van der Waals surface area contributed by atoms with Crippen LogP contribution < -0.4 is 10.5 Å². The quantitative estimate of drug-likeness (QED) is 0.687. The number of alkyl halides is 6. The molecule has 1 rings (SSSR count). The largest absolute Gasteiger partial charge is 0.573 e. The summed E-state index contributed by atoms with van der Waals surface area (Å²) in [4.78, 5) is 14.4. The van der Waals surface area contributed by atoms with Crippen LogP contribution in [0.1, 0.15) is 28.0 Å². The van der Waals surface area contributed by atoms with Crippen LogP contribution in [0, 0.1) is 0 Å². The number of primary amides is 1. The molecule has 0 spiro atoms. The first-order valence-corrected chi connectivity index (χ1v) is 5.12. The fraction of sp³-hybridized carbons (Fsp3) is 0.333. The zero-order valence-corrected chi connectivity index (χ0v) is 9.73. The smallest absolute Gasteiger partial charge is 0.403 e. The lowest BCUT2D eigenvalue weighted by Gasteiger charge is -2.16. The Kier molecular flexibility index (Phi) is 4.51. The van der Waals surface area contributed by atoms with Gasteiger partial charge in [0.1, 0.15) is 0 Å². The van der Waals surface area contributed by atoms with Gasteiger partial charge in [-0.2, -0.15) is 0 Å². The van der Waals surface area contributed by atoms with Gasteiger partial charge in [-0.05, 0) is 0 Å². The predicted octanol–water partition coefficient (Wildman–Crippen LogP) is 2.76. The first-order valence-electron chi connectivity index (χ1n) is 4.58. The first kappa shape index (κ1) is 15.4. The highest BCUT2D eigenvalue weighted by Crippen LogP contribution is 2.35. The average molecular weight is 305 g/mol. The second kappa shape index (κ2) is 5.55. The number of carbonyl (C=O) groups excluding carboxylic acids is 1. The van der Waals surface area contributed by atoms with E-state index in [4.69, 9.17) is 17.3 Å². The minimum absolute atomic E-state index is 0.516. The SMILES string of the molecule is NC(=O)c1c(C(F)F)cnc(CCl)c1OC(F)(F)F. The van der Waals surface area contributed by atoms with Crippen molar-refractivity contribution in [2.45, 2.75) is 18.7 Å². The van der Waals surface area contributed by atoms with Gasteiger partial charge in [-0.1, -0.05) is 0 Å². The van der Waals surface area contributed by atoms with Gasteiger partial charge in [0, 0.05) is 6.20 Å². The van der Waals surface area contributed by atoms with Gasteiger partial charge in [-0.25, -0.2) is 8.78 Å². The molecule has 106 valence electrons. The Morgan fingerprint density at radius 2 is 2.05 bits per heavy atom. The number of rotatable bonds is 4. The molecule has 0 saturated carbocycles. The molecule has 0 atom stereocenters. The number of ether oxygens (including phenoxy) is 1. The zero-order valence-electron chi connectivity index (χ0n) is 8.97. The van der Waals surface area contributed by atoms with Crippen molar-refractivity contribution in [3.63, 3.8) is 0 Å². The lowest BCUT2D eigenvalue weighted by Crippen LogP contribution is -2.24. The van der Waals surface area contributed by atoms with E-state index in [-0.39, 0.29) is 0 Å². The molecule has 1 heterocycles. The van der Waals surface area contributed by atoms with Crippen LogP contribution in [0.5, 0.6) is 5.75 Å². The van der Waals surface area contributed by atoms with Crippen molar-refractivity contribution in [2.75, 3.05) is 0 Å². The molecule has 4 nitrogen and oxygen atoms in total. The molecule has 0 bridgehead atoms. The maximum absolute atomic E-state index is 12.6. The minimum Gasteiger partial charge on any atom is -0.403 e. The Balaban J connectivity index is 3.53. The lowest BCUT2D eigenvalue weighted by atomic mass is 10.1. The number of nitrogens with two attached hydrogens (primary N) is 1. The topological polar surface area (TPSA) is 65.2 Å². The second-order valence-electron chi connectivity index (χ2n) is 3.21. The van der Waals surface area contributed by atoms with E-state index in [1.165, 1.54) is 0 Å². The Morgan fingerprint density at radius 1 is 1.47 bits per heavy atom. The van der Waals surface area contributed by atoms with E-state index < -0.39 is 47.1 Å². The predicted molar refractivity (Wildman–Crippen MR) is 54.0 cm³/mol. The van der Waals surface area contributed by atoms with Crippen LogP contribution in [0.4, 0.5) is 22.0 Å². The van der Waals surface area contributed by atoms with Gasteiger partial charge >= 0.3 is 6.36 Å². The Bertz CT molecular complexity index is 492. The summed E-state index contributed by atoms with van der Waals surface area (Å²) in [5, 5.41) is 0. The van der Waals surface area contributed by atoms with Gasteiger partial charge in [0.25, 0.3) is 12.3 Å². The molecule has 2 N–H and O–H groups in total. The summed E-state index contributed by atoms with van der Waals surface area (Å²) in [6, 6.07) is 0. The maximum Gasteiger partial charge on any atom is 0.573 e. The van der Waals surface area contributed by atoms with Crippen LogP contribution >= 0.6 is 11.6 Å². The number of hydrogen-bond donors (Lipinski definition) is 1. The van der Waals surface area contributed by atoms with Gasteiger partial charge in [-0.3, -0.25) is 9.78 Å². The molecule has 10 heteroatoms. The molecule has 0 aromatic carbocycles. The van der Waals surface area contributed by atoms with Gasteiger partial charge < -0.3 is 10.5 Å². The number of halogens is 6. The summed E-state index contributed by atoms with van der Waals surface area (Å²) in [5.41, 5.74) is 2.15. The van der Waals surface area contributed by atoms with E-state index in [0.29, 0.717) is 6.20 Å². The fourth-order valence-corrected chi connectivity index (χ4v) is 1.48. The van der Waals surface area contributed by atoms with Gasteiger partial charge in [0.05, 0.1) is 22.7 Å². The van der Waals surface area contributed by atoms with E-state index in [1.807, 2.05) is 0 Å². The molecule has 0 aliphatic rings. The molecule has 0 saturated heterocycles. The molecule has 0 aliphatic carbocycles. The van der Waals surface area contributed by atoms with Crippen molar-refractivity contribution in [3.05, 3.63) is 23.0 Å². The van der Waals surface area contributed by atoms with Crippen LogP contribution in [-0.4, -0.2) is 17.3 Å². The van der Waals surface area contributed by atoms with Gasteiger partial charge in [-0.15, -0.1) is 24.8 Å². The number of aromatic nitrogens is 1. The highest BCUT2D eigenvalue weighted by molar-refractivity contribution is 6.17. The second-order valence-corrected chi connectivity index (χ2v) is 3.48. The lowest BCUT2D eigenvalue weighted by molar-refractivity contribution is -0.275. The summed E-state index contributed by atoms with van der Waals surface area (Å²) in [5.74, 6) is -3.27. The summed E-state index contributed by atoms with van der Waals surface area (Å²) in [6.45, 7) is 0. The summed E-state index contributed by atoms with van der Waals surface area (Å²) in [6.07, 6.45) is -7.91. The van der Waals surface area contributed by atoms with Crippen molar-refractivity contribution in [1.29, 1.82) is 0 Å². The molecular weight excluding hydrogens is 299 g/mol. The average Bonchev–Trinajstić information content (AvgIpc) is 2.25. The third-order valence-corrected chi connectivity index (χ3v) is 2.22. The van der Waals surface area contributed by atoms with Crippen LogP contribution in [0.25, 0.3) is 0 Å². The van der Waals surface area contributed by atoms with Crippen molar-refractivity contribution in [2.24, 2.45) is 5.73 Å². The Morgan fingerprint density at radius 3 is 2.42 bits per heavy atom. The van der Waals surface area contributed by atoms with E-state index in [0.717, 1.165) is 0 Å². The molecule has 1 aromatic rings. The van der Waals surface area contributed by atoms with Crippen LogP contribution in [0.3, 0.4) is 0 Å². The van der Waals surface area contributed by atoms with E-state index in [2.05, 4.69) is 9.72 Å². The Hall–Kier alpha value is -1.64. The van der Waals surface area contributed by atoms with Crippen molar-refractivity contribution in [3.8, 4) is 5.75 Å². The molecule has 1 amide bonds. The highest BCUT2D eigenvalue weighted by atomic mass is 35.5. The molecule has 0 radical (unpaired) electrons. The van der Waals surface area contributed by atoms with Gasteiger partial charge in [0.2, 0.25) is 0 Å². The zero-order chi connectivity index (χ0) is 14.8. The normalized spacial score (nSPS) is 11.7. The maximum atomic E-state index is 12.6. The molecule has 0 aliphatic heterocycles. The number of hydrogen-bond acceptors (Lipinski definition) is 3. The summed E-state index contributed by atoms with van der Waals surface area (Å²) < 4.78 is 65.4. The first-order chi connectivity index (χ1) is 8.67. The third kappa shape index (κ3) is 3.66. The standard InChI is InChI=1S/C9H6ClF5N2O2/c10-1-4-6(19-9(13,14)15)5(8(16)18)3(2-17-4)7(11)12/h2,7H,1H2,(H2,16,18). The fourth-order valence-electron chi connectivity index (χ4n) is 1.29. The molecule has 1 aromatic heterocycles. The minimum atomic E-state index is -5.20. The van der Waals surface area contributed by atoms with Crippen LogP contribution in [-0.2, 0) is 5.88 Å². The van der Waals surface area contributed by atoms with Crippen molar-refractivity contribution >= 4 is 17.5 Å². The number of pyridine rings is 1. The molecular formula is C9H6ClF5N2O2. The van der Waals surface area contributed by atoms with Crippen molar-refractivity contribution in [1.82, 2.24) is 4.98 Å².